The number of aromatic amines is 1. The fourth-order valence-electron chi connectivity index (χ4n) is 2.13. The highest BCUT2D eigenvalue weighted by Gasteiger charge is 2.06. The Hall–Kier alpha value is -2.56. The van der Waals surface area contributed by atoms with Gasteiger partial charge in [-0.05, 0) is 42.0 Å². The second-order valence-electron chi connectivity index (χ2n) is 5.07. The number of aliphatic hydroxyl groups is 1. The van der Waals surface area contributed by atoms with E-state index in [4.69, 9.17) is 23.2 Å². The van der Waals surface area contributed by atoms with Crippen LogP contribution in [0.2, 0.25) is 10.0 Å². The minimum atomic E-state index is -0.306. The van der Waals surface area contributed by atoms with Gasteiger partial charge in [0, 0.05) is 27.8 Å². The number of nitrogens with zero attached hydrogens (tertiary/aromatic N) is 1. The number of hydrogen-bond acceptors (Lipinski definition) is 3. The predicted molar refractivity (Wildman–Crippen MR) is 97.3 cm³/mol. The van der Waals surface area contributed by atoms with Gasteiger partial charge in [0.15, 0.2) is 0 Å². The molecule has 0 saturated heterocycles. The zero-order chi connectivity index (χ0) is 17.1. The number of hydrogen-bond donors (Lipinski definition) is 2. The molecule has 0 aliphatic heterocycles. The molecule has 3 aromatic rings. The molecule has 0 atom stereocenters. The fourth-order valence-corrected chi connectivity index (χ4v) is 2.38. The maximum absolute atomic E-state index is 12.2. The lowest BCUT2D eigenvalue weighted by atomic mass is 10.1. The van der Waals surface area contributed by atoms with Gasteiger partial charge >= 0.3 is 0 Å². The van der Waals surface area contributed by atoms with Gasteiger partial charge in [-0.15, -0.1) is 0 Å². The van der Waals surface area contributed by atoms with Crippen molar-refractivity contribution in [2.45, 2.75) is 0 Å². The Morgan fingerprint density at radius 1 is 1.00 bits per heavy atom. The Bertz CT molecular complexity index is 946. The first-order valence-electron chi connectivity index (χ1n) is 7.05. The molecule has 2 aromatic carbocycles. The molecule has 0 unspecified atom stereocenters. The number of halogens is 2. The summed E-state index contributed by atoms with van der Waals surface area (Å²) in [6.45, 7) is 0. The summed E-state index contributed by atoms with van der Waals surface area (Å²) in [5.74, 6) is -0.0658. The van der Waals surface area contributed by atoms with Gasteiger partial charge in [0.25, 0.3) is 0 Å². The Morgan fingerprint density at radius 2 is 1.58 bits per heavy atom. The van der Waals surface area contributed by atoms with Crippen molar-refractivity contribution in [1.82, 2.24) is 10.2 Å². The van der Waals surface area contributed by atoms with Crippen LogP contribution >= 0.6 is 23.2 Å². The highest BCUT2D eigenvalue weighted by atomic mass is 35.5. The number of rotatable bonds is 3. The summed E-state index contributed by atoms with van der Waals surface area (Å²) in [5, 5.41) is 18.1. The molecule has 0 spiro atoms. The van der Waals surface area contributed by atoms with E-state index < -0.39 is 0 Å². The van der Waals surface area contributed by atoms with Crippen LogP contribution in [0.15, 0.2) is 59.4 Å². The predicted octanol–water partition coefficient (Wildman–Crippen LogP) is 4.80. The van der Waals surface area contributed by atoms with Crippen LogP contribution in [0.25, 0.3) is 23.1 Å². The highest BCUT2D eigenvalue weighted by molar-refractivity contribution is 6.30. The van der Waals surface area contributed by atoms with Crippen molar-refractivity contribution in [1.29, 1.82) is 0 Å². The molecule has 2 N–H and O–H groups in total. The summed E-state index contributed by atoms with van der Waals surface area (Å²) in [7, 11) is 0. The molecule has 0 saturated carbocycles. The number of nitrogens with one attached hydrogen (secondary N) is 1. The Labute approximate surface area is 148 Å². The summed E-state index contributed by atoms with van der Waals surface area (Å²) in [4.78, 5) is 12.2. The van der Waals surface area contributed by atoms with Crippen molar-refractivity contribution >= 4 is 35.0 Å². The van der Waals surface area contributed by atoms with Gasteiger partial charge in [-0.1, -0.05) is 35.3 Å². The van der Waals surface area contributed by atoms with Crippen molar-refractivity contribution in [3.63, 3.8) is 0 Å². The molecule has 120 valence electrons. The quantitative estimate of drug-likeness (QED) is 0.660. The Kier molecular flexibility index (Phi) is 4.69. The lowest BCUT2D eigenvalue weighted by molar-refractivity contribution is 0.515. The monoisotopic (exact) mass is 358 g/mol. The van der Waals surface area contributed by atoms with E-state index in [1.54, 1.807) is 48.5 Å². The molecule has 4 nitrogen and oxygen atoms in total. The zero-order valence-electron chi connectivity index (χ0n) is 12.3. The minimum absolute atomic E-state index is 0.0658. The van der Waals surface area contributed by atoms with E-state index in [0.717, 1.165) is 5.56 Å². The molecule has 1 heterocycles. The molecule has 0 amide bonds. The first-order valence-corrected chi connectivity index (χ1v) is 7.81. The number of benzene rings is 2. The third kappa shape index (κ3) is 3.67. The molecule has 0 aliphatic carbocycles. The van der Waals surface area contributed by atoms with Crippen LogP contribution in [0.3, 0.4) is 0 Å². The molecular weight excluding hydrogens is 347 g/mol. The second kappa shape index (κ2) is 6.91. The second-order valence-corrected chi connectivity index (χ2v) is 5.95. The number of H-pyrrole nitrogens is 1. The summed E-state index contributed by atoms with van der Waals surface area (Å²) in [6, 6.07) is 15.1. The van der Waals surface area contributed by atoms with Crippen LogP contribution in [-0.2, 0) is 0 Å². The number of aromatic nitrogens is 2. The summed E-state index contributed by atoms with van der Waals surface area (Å²) >= 11 is 11.7. The van der Waals surface area contributed by atoms with E-state index >= 15 is 0 Å². The molecule has 0 fully saturated rings. The van der Waals surface area contributed by atoms with Gasteiger partial charge in [0.05, 0.1) is 5.69 Å². The van der Waals surface area contributed by atoms with Crippen LogP contribution in [0, 0.1) is 0 Å². The van der Waals surface area contributed by atoms with E-state index in [1.807, 2.05) is 0 Å². The van der Waals surface area contributed by atoms with Crippen molar-refractivity contribution in [3.05, 3.63) is 86.1 Å². The highest BCUT2D eigenvalue weighted by Crippen LogP contribution is 2.19. The minimum Gasteiger partial charge on any atom is -0.507 e. The van der Waals surface area contributed by atoms with Crippen LogP contribution in [-0.4, -0.2) is 15.3 Å². The van der Waals surface area contributed by atoms with Gasteiger partial charge < -0.3 is 5.11 Å². The molecule has 24 heavy (non-hydrogen) atoms. The SMILES string of the molecule is O=c1cc(-c2ccc(Cl)cc2)[nH]nc1/C=C(\O)c1ccc(Cl)cc1. The molecule has 3 rings (SSSR count). The van der Waals surface area contributed by atoms with Crippen LogP contribution in [0.5, 0.6) is 0 Å². The van der Waals surface area contributed by atoms with Crippen LogP contribution in [0.4, 0.5) is 0 Å². The van der Waals surface area contributed by atoms with Gasteiger partial charge in [-0.2, -0.15) is 5.10 Å². The first-order chi connectivity index (χ1) is 11.5. The van der Waals surface area contributed by atoms with E-state index in [9.17, 15) is 9.90 Å². The third-order valence-corrected chi connectivity index (χ3v) is 3.90. The molecular formula is C18H12Cl2N2O2. The number of aliphatic hydroxyl groups excluding tert-OH is 1. The lowest BCUT2D eigenvalue weighted by Gasteiger charge is -2.03. The smallest absolute Gasteiger partial charge is 0.208 e. The summed E-state index contributed by atoms with van der Waals surface area (Å²) in [5.41, 5.74) is 1.71. The van der Waals surface area contributed by atoms with E-state index in [1.165, 1.54) is 12.1 Å². The average Bonchev–Trinajstić information content (AvgIpc) is 2.58. The molecule has 1 aromatic heterocycles. The largest absolute Gasteiger partial charge is 0.507 e. The Morgan fingerprint density at radius 3 is 2.17 bits per heavy atom. The summed E-state index contributed by atoms with van der Waals surface area (Å²) in [6.07, 6.45) is 1.31. The van der Waals surface area contributed by atoms with Crippen LogP contribution in [0.1, 0.15) is 11.3 Å². The van der Waals surface area contributed by atoms with Crippen molar-refractivity contribution in [2.24, 2.45) is 0 Å². The van der Waals surface area contributed by atoms with Gasteiger partial charge in [-0.3, -0.25) is 9.89 Å². The van der Waals surface area contributed by atoms with Gasteiger partial charge in [0.1, 0.15) is 11.5 Å². The maximum Gasteiger partial charge on any atom is 0.208 e. The molecule has 6 heteroatoms. The lowest BCUT2D eigenvalue weighted by Crippen LogP contribution is -2.09. The summed E-state index contributed by atoms with van der Waals surface area (Å²) < 4.78 is 0. The average molecular weight is 359 g/mol. The molecule has 0 aliphatic rings. The van der Waals surface area contributed by atoms with Gasteiger partial charge in [-0.25, -0.2) is 0 Å². The fraction of sp³-hybridized carbons (Fsp3) is 0. The van der Waals surface area contributed by atoms with E-state index in [-0.39, 0.29) is 16.9 Å². The normalized spacial score (nSPS) is 11.5. The maximum atomic E-state index is 12.2. The van der Waals surface area contributed by atoms with Crippen molar-refractivity contribution in [3.8, 4) is 11.3 Å². The van der Waals surface area contributed by atoms with Crippen molar-refractivity contribution < 1.29 is 5.11 Å². The topological polar surface area (TPSA) is 66.0 Å². The van der Waals surface area contributed by atoms with Crippen LogP contribution < -0.4 is 5.43 Å². The van der Waals surface area contributed by atoms with E-state index in [2.05, 4.69) is 10.2 Å². The third-order valence-electron chi connectivity index (χ3n) is 3.39. The van der Waals surface area contributed by atoms with Crippen molar-refractivity contribution in [2.75, 3.05) is 0 Å². The standard InChI is InChI=1S/C18H12Cl2N2O2/c19-13-5-1-11(2-6-13)15-9-18(24)16(22-21-15)10-17(23)12-3-7-14(20)8-4-12/h1-10,23H,(H,21,24)/b17-10-. The molecule has 0 bridgehead atoms. The van der Waals surface area contributed by atoms with E-state index in [0.29, 0.717) is 21.3 Å². The first kappa shape index (κ1) is 16.3. The zero-order valence-corrected chi connectivity index (χ0v) is 13.8. The Balaban J connectivity index is 1.92. The van der Waals surface area contributed by atoms with Gasteiger partial charge in [0.2, 0.25) is 5.43 Å². The molecule has 0 radical (unpaired) electrons.